The summed E-state index contributed by atoms with van der Waals surface area (Å²) in [6.07, 6.45) is 3.06. The van der Waals surface area contributed by atoms with Crippen LogP contribution >= 0.6 is 11.8 Å². The average molecular weight is 219 g/mol. The zero-order chi connectivity index (χ0) is 11.1. The third kappa shape index (κ3) is 5.23. The second kappa shape index (κ2) is 7.55. The summed E-state index contributed by atoms with van der Waals surface area (Å²) in [5.41, 5.74) is 6.08. The van der Waals surface area contributed by atoms with E-state index in [0.717, 1.165) is 19.3 Å². The van der Waals surface area contributed by atoms with Gasteiger partial charge in [0.25, 0.3) is 0 Å². The molecule has 0 fully saturated rings. The van der Waals surface area contributed by atoms with Crippen LogP contribution in [0.15, 0.2) is 0 Å². The maximum atomic E-state index is 9.42. The van der Waals surface area contributed by atoms with Gasteiger partial charge < -0.3 is 10.8 Å². The molecule has 3 heteroatoms. The van der Waals surface area contributed by atoms with Crippen molar-refractivity contribution in [1.82, 2.24) is 0 Å². The first-order valence-electron chi connectivity index (χ1n) is 5.62. The van der Waals surface area contributed by atoms with E-state index >= 15 is 0 Å². The number of thioether (sulfide) groups is 1. The van der Waals surface area contributed by atoms with Gasteiger partial charge in [0.05, 0.1) is 6.10 Å². The molecule has 3 N–H and O–H groups in total. The number of aliphatic hydroxyl groups is 1. The molecule has 0 aliphatic carbocycles. The van der Waals surface area contributed by atoms with Gasteiger partial charge >= 0.3 is 0 Å². The van der Waals surface area contributed by atoms with Gasteiger partial charge in [0.1, 0.15) is 0 Å². The Labute approximate surface area is 92.6 Å². The lowest BCUT2D eigenvalue weighted by molar-refractivity contribution is 0.196. The maximum absolute atomic E-state index is 9.42. The van der Waals surface area contributed by atoms with Crippen LogP contribution in [0.4, 0.5) is 0 Å². The molecule has 0 bridgehead atoms. The summed E-state index contributed by atoms with van der Waals surface area (Å²) < 4.78 is 0. The molecular weight excluding hydrogens is 194 g/mol. The minimum atomic E-state index is -0.247. The van der Waals surface area contributed by atoms with Crippen molar-refractivity contribution in [3.8, 4) is 0 Å². The fourth-order valence-electron chi connectivity index (χ4n) is 1.41. The normalized spacial score (nSPS) is 20.1. The van der Waals surface area contributed by atoms with Gasteiger partial charge in [-0.3, -0.25) is 0 Å². The second-order valence-corrected chi connectivity index (χ2v) is 5.60. The van der Waals surface area contributed by atoms with E-state index in [0.29, 0.717) is 5.25 Å². The zero-order valence-corrected chi connectivity index (χ0v) is 10.7. The molecule has 0 saturated heterocycles. The SMILES string of the molecule is CCCC(N)C(CC)SC(C)C(C)O. The smallest absolute Gasteiger partial charge is 0.0628 e. The van der Waals surface area contributed by atoms with Crippen LogP contribution in [0.25, 0.3) is 0 Å². The van der Waals surface area contributed by atoms with E-state index in [1.165, 1.54) is 0 Å². The molecule has 0 aliphatic rings. The predicted molar refractivity (Wildman–Crippen MR) is 65.7 cm³/mol. The molecule has 0 saturated carbocycles. The lowest BCUT2D eigenvalue weighted by Crippen LogP contribution is -2.34. The minimum Gasteiger partial charge on any atom is -0.392 e. The highest BCUT2D eigenvalue weighted by Crippen LogP contribution is 2.26. The third-order valence-corrected chi connectivity index (χ3v) is 4.43. The predicted octanol–water partition coefficient (Wildman–Crippen LogP) is 2.39. The van der Waals surface area contributed by atoms with Gasteiger partial charge in [0.15, 0.2) is 0 Å². The first-order chi connectivity index (χ1) is 6.52. The van der Waals surface area contributed by atoms with Crippen LogP contribution in [-0.4, -0.2) is 27.8 Å². The molecule has 2 nitrogen and oxygen atoms in total. The summed E-state index contributed by atoms with van der Waals surface area (Å²) in [6, 6.07) is 0.274. The number of rotatable bonds is 7. The van der Waals surface area contributed by atoms with Crippen molar-refractivity contribution in [3.63, 3.8) is 0 Å². The monoisotopic (exact) mass is 219 g/mol. The van der Waals surface area contributed by atoms with E-state index < -0.39 is 0 Å². The Morgan fingerprint density at radius 1 is 1.29 bits per heavy atom. The number of hydrogen-bond acceptors (Lipinski definition) is 3. The quantitative estimate of drug-likeness (QED) is 0.691. The van der Waals surface area contributed by atoms with Gasteiger partial charge in [0, 0.05) is 16.5 Å². The summed E-state index contributed by atoms with van der Waals surface area (Å²) >= 11 is 1.83. The highest BCUT2D eigenvalue weighted by Gasteiger charge is 2.20. The van der Waals surface area contributed by atoms with E-state index in [9.17, 15) is 5.11 Å². The molecule has 0 aromatic carbocycles. The van der Waals surface area contributed by atoms with Gasteiger partial charge in [-0.05, 0) is 19.8 Å². The lowest BCUT2D eigenvalue weighted by Gasteiger charge is -2.26. The molecule has 0 aromatic heterocycles. The first-order valence-corrected chi connectivity index (χ1v) is 6.56. The molecule has 0 heterocycles. The largest absolute Gasteiger partial charge is 0.392 e. The molecule has 14 heavy (non-hydrogen) atoms. The molecule has 0 aromatic rings. The van der Waals surface area contributed by atoms with Gasteiger partial charge in [-0.2, -0.15) is 11.8 Å². The Hall–Kier alpha value is 0.270. The summed E-state index contributed by atoms with van der Waals surface area (Å²) in [5.74, 6) is 0. The van der Waals surface area contributed by atoms with E-state index in [2.05, 4.69) is 20.8 Å². The van der Waals surface area contributed by atoms with Gasteiger partial charge in [-0.15, -0.1) is 0 Å². The van der Waals surface area contributed by atoms with Crippen LogP contribution in [0.3, 0.4) is 0 Å². The molecule has 0 amide bonds. The zero-order valence-electron chi connectivity index (χ0n) is 9.86. The average Bonchev–Trinajstić information content (AvgIpc) is 2.13. The van der Waals surface area contributed by atoms with Crippen molar-refractivity contribution in [2.75, 3.05) is 0 Å². The fraction of sp³-hybridized carbons (Fsp3) is 1.00. The minimum absolute atomic E-state index is 0.247. The Kier molecular flexibility index (Phi) is 7.69. The molecule has 4 atom stereocenters. The van der Waals surface area contributed by atoms with E-state index in [4.69, 9.17) is 5.73 Å². The molecule has 0 spiro atoms. The van der Waals surface area contributed by atoms with E-state index in [1.807, 2.05) is 18.7 Å². The Bertz CT molecular complexity index is 141. The Morgan fingerprint density at radius 2 is 1.86 bits per heavy atom. The summed E-state index contributed by atoms with van der Waals surface area (Å²) in [7, 11) is 0. The topological polar surface area (TPSA) is 46.2 Å². The summed E-state index contributed by atoms with van der Waals surface area (Å²) in [6.45, 7) is 8.24. The van der Waals surface area contributed by atoms with Crippen molar-refractivity contribution in [2.45, 2.75) is 69.6 Å². The van der Waals surface area contributed by atoms with Crippen LogP contribution < -0.4 is 5.73 Å². The Balaban J connectivity index is 4.00. The van der Waals surface area contributed by atoms with Crippen LogP contribution in [-0.2, 0) is 0 Å². The highest BCUT2D eigenvalue weighted by molar-refractivity contribution is 8.00. The number of nitrogens with two attached hydrogens (primary N) is 1. The molecule has 0 rings (SSSR count). The first kappa shape index (κ1) is 14.3. The standard InChI is InChI=1S/C11H25NOS/c1-5-7-10(12)11(6-2)14-9(4)8(3)13/h8-11,13H,5-7,12H2,1-4H3. The van der Waals surface area contributed by atoms with Gasteiger partial charge in [-0.25, -0.2) is 0 Å². The Morgan fingerprint density at radius 3 is 2.21 bits per heavy atom. The van der Waals surface area contributed by atoms with Crippen molar-refractivity contribution >= 4 is 11.8 Å². The van der Waals surface area contributed by atoms with Crippen LogP contribution in [0.2, 0.25) is 0 Å². The van der Waals surface area contributed by atoms with E-state index in [-0.39, 0.29) is 17.4 Å². The van der Waals surface area contributed by atoms with Gasteiger partial charge in [-0.1, -0.05) is 27.2 Å². The highest BCUT2D eigenvalue weighted by atomic mass is 32.2. The molecule has 4 unspecified atom stereocenters. The molecular formula is C11H25NOS. The van der Waals surface area contributed by atoms with E-state index in [1.54, 1.807) is 0 Å². The van der Waals surface area contributed by atoms with Crippen molar-refractivity contribution in [2.24, 2.45) is 5.73 Å². The van der Waals surface area contributed by atoms with Gasteiger partial charge in [0.2, 0.25) is 0 Å². The van der Waals surface area contributed by atoms with Crippen LogP contribution in [0, 0.1) is 0 Å². The van der Waals surface area contributed by atoms with Crippen molar-refractivity contribution < 1.29 is 5.11 Å². The van der Waals surface area contributed by atoms with Crippen LogP contribution in [0.1, 0.15) is 47.0 Å². The number of aliphatic hydroxyl groups excluding tert-OH is 1. The fourth-order valence-corrected chi connectivity index (χ4v) is 2.72. The number of hydrogen-bond donors (Lipinski definition) is 2. The van der Waals surface area contributed by atoms with Crippen LogP contribution in [0.5, 0.6) is 0 Å². The molecule has 0 radical (unpaired) electrons. The van der Waals surface area contributed by atoms with Crippen molar-refractivity contribution in [3.05, 3.63) is 0 Å². The second-order valence-electron chi connectivity index (χ2n) is 3.98. The maximum Gasteiger partial charge on any atom is 0.0628 e. The summed E-state index contributed by atoms with van der Waals surface area (Å²) in [4.78, 5) is 0. The van der Waals surface area contributed by atoms with Crippen molar-refractivity contribution in [1.29, 1.82) is 0 Å². The third-order valence-electron chi connectivity index (χ3n) is 2.57. The molecule has 86 valence electrons. The lowest BCUT2D eigenvalue weighted by atomic mass is 10.1. The summed E-state index contributed by atoms with van der Waals surface area (Å²) in [5, 5.41) is 10.2. The molecule has 0 aliphatic heterocycles.